The first-order valence-corrected chi connectivity index (χ1v) is 10.0. The van der Waals surface area contributed by atoms with E-state index in [1.54, 1.807) is 6.07 Å². The molecule has 27 heavy (non-hydrogen) atoms. The topological polar surface area (TPSA) is 83.8 Å². The molecule has 146 valence electrons. The molecule has 0 aliphatic heterocycles. The van der Waals surface area contributed by atoms with Crippen LogP contribution in [0.25, 0.3) is 21.9 Å². The summed E-state index contributed by atoms with van der Waals surface area (Å²) in [6.45, 7) is 2.23. The van der Waals surface area contributed by atoms with E-state index >= 15 is 0 Å². The molecule has 3 aromatic rings. The van der Waals surface area contributed by atoms with Gasteiger partial charge in [0.2, 0.25) is 0 Å². The van der Waals surface area contributed by atoms with Gasteiger partial charge < -0.3 is 19.0 Å². The highest BCUT2D eigenvalue weighted by molar-refractivity contribution is 6.05. The van der Waals surface area contributed by atoms with Crippen molar-refractivity contribution in [3.63, 3.8) is 0 Å². The maximum Gasteiger partial charge on any atom is 0.347 e. The van der Waals surface area contributed by atoms with E-state index < -0.39 is 5.63 Å². The van der Waals surface area contributed by atoms with Crippen molar-refractivity contribution < 1.29 is 19.0 Å². The number of unbranched alkanes of at least 4 members (excludes halogenated alkanes) is 8. The summed E-state index contributed by atoms with van der Waals surface area (Å²) in [6, 6.07) is 4.38. The van der Waals surface area contributed by atoms with Crippen LogP contribution in [-0.2, 0) is 6.42 Å². The fraction of sp³-hybridized carbons (Fsp3) is 0.500. The van der Waals surface area contributed by atoms with Crippen LogP contribution in [-0.4, -0.2) is 10.2 Å². The molecule has 5 nitrogen and oxygen atoms in total. The number of benzene rings is 1. The first-order valence-electron chi connectivity index (χ1n) is 10.0. The number of aryl methyl sites for hydroxylation is 1. The highest BCUT2D eigenvalue weighted by Gasteiger charge is 2.16. The third-order valence-electron chi connectivity index (χ3n) is 5.06. The normalized spacial score (nSPS) is 11.6. The molecule has 0 amide bonds. The summed E-state index contributed by atoms with van der Waals surface area (Å²) >= 11 is 0. The second kappa shape index (κ2) is 8.98. The van der Waals surface area contributed by atoms with Gasteiger partial charge in [-0.25, -0.2) is 4.79 Å². The van der Waals surface area contributed by atoms with E-state index in [9.17, 15) is 15.0 Å². The van der Waals surface area contributed by atoms with Crippen LogP contribution in [0.2, 0.25) is 0 Å². The molecule has 0 radical (unpaired) electrons. The van der Waals surface area contributed by atoms with Crippen molar-refractivity contribution in [3.05, 3.63) is 34.4 Å². The quantitative estimate of drug-likeness (QED) is 0.336. The zero-order valence-electron chi connectivity index (χ0n) is 15.9. The Morgan fingerprint density at radius 2 is 1.41 bits per heavy atom. The number of aromatic hydroxyl groups is 2. The summed E-state index contributed by atoms with van der Waals surface area (Å²) in [4.78, 5) is 12.4. The SMILES string of the molecule is CCCCCCCCCCCc1cc2oc3cc(O)c(O)cc3c2c(=O)o1. The predicted molar refractivity (Wildman–Crippen MR) is 107 cm³/mol. The van der Waals surface area contributed by atoms with Gasteiger partial charge in [-0.15, -0.1) is 0 Å². The number of rotatable bonds is 10. The molecule has 2 N–H and O–H groups in total. The second-order valence-electron chi connectivity index (χ2n) is 7.26. The largest absolute Gasteiger partial charge is 0.504 e. The van der Waals surface area contributed by atoms with Crippen LogP contribution in [0.15, 0.2) is 31.8 Å². The summed E-state index contributed by atoms with van der Waals surface area (Å²) in [5.74, 6) is 0.0483. The van der Waals surface area contributed by atoms with E-state index in [4.69, 9.17) is 8.83 Å². The minimum Gasteiger partial charge on any atom is -0.504 e. The maximum absolute atomic E-state index is 12.4. The molecule has 0 unspecified atom stereocenters. The molecule has 0 spiro atoms. The maximum atomic E-state index is 12.4. The minimum absolute atomic E-state index is 0.277. The van der Waals surface area contributed by atoms with Crippen LogP contribution in [0.3, 0.4) is 0 Å². The fourth-order valence-electron chi connectivity index (χ4n) is 3.53. The Bertz CT molecular complexity index is 951. The van der Waals surface area contributed by atoms with E-state index in [0.29, 0.717) is 34.1 Å². The molecule has 0 aliphatic rings. The Kier molecular flexibility index (Phi) is 6.43. The van der Waals surface area contributed by atoms with Gasteiger partial charge in [-0.1, -0.05) is 58.3 Å². The lowest BCUT2D eigenvalue weighted by molar-refractivity contribution is 0.404. The lowest BCUT2D eigenvalue weighted by Crippen LogP contribution is -2.01. The summed E-state index contributed by atoms with van der Waals surface area (Å²) in [5, 5.41) is 20.0. The van der Waals surface area contributed by atoms with Crippen molar-refractivity contribution in [3.8, 4) is 11.5 Å². The summed E-state index contributed by atoms with van der Waals surface area (Å²) in [7, 11) is 0. The third-order valence-corrected chi connectivity index (χ3v) is 5.06. The number of furan rings is 1. The lowest BCUT2D eigenvalue weighted by atomic mass is 10.1. The van der Waals surface area contributed by atoms with Crippen LogP contribution >= 0.6 is 0 Å². The van der Waals surface area contributed by atoms with Crippen LogP contribution in [0, 0.1) is 0 Å². The molecular formula is C22H28O5. The molecule has 2 aromatic heterocycles. The lowest BCUT2D eigenvalue weighted by Gasteiger charge is -2.02. The summed E-state index contributed by atoms with van der Waals surface area (Å²) in [6.07, 6.45) is 11.9. The van der Waals surface area contributed by atoms with Gasteiger partial charge in [-0.3, -0.25) is 0 Å². The van der Waals surface area contributed by atoms with Crippen LogP contribution in [0.4, 0.5) is 0 Å². The smallest absolute Gasteiger partial charge is 0.347 e. The molecule has 2 heterocycles. The molecule has 3 rings (SSSR count). The van der Waals surface area contributed by atoms with E-state index in [1.807, 2.05) is 0 Å². The average Bonchev–Trinajstić information content (AvgIpc) is 2.98. The first-order chi connectivity index (χ1) is 13.1. The number of fused-ring (bicyclic) bond motifs is 3. The van der Waals surface area contributed by atoms with Crippen molar-refractivity contribution in [2.75, 3.05) is 0 Å². The van der Waals surface area contributed by atoms with Gasteiger partial charge in [0.1, 0.15) is 22.3 Å². The fourth-order valence-corrected chi connectivity index (χ4v) is 3.53. The molecule has 0 fully saturated rings. The van der Waals surface area contributed by atoms with Crippen LogP contribution in [0.5, 0.6) is 11.5 Å². The zero-order chi connectivity index (χ0) is 19.2. The van der Waals surface area contributed by atoms with E-state index in [0.717, 1.165) is 12.8 Å². The molecule has 0 atom stereocenters. The van der Waals surface area contributed by atoms with Crippen LogP contribution in [0.1, 0.15) is 70.5 Å². The number of hydrogen-bond donors (Lipinski definition) is 2. The van der Waals surface area contributed by atoms with Crippen molar-refractivity contribution in [2.24, 2.45) is 0 Å². The zero-order valence-corrected chi connectivity index (χ0v) is 15.9. The third kappa shape index (κ3) is 4.65. The molecule has 1 aromatic carbocycles. The molecule has 0 saturated heterocycles. The van der Waals surface area contributed by atoms with Crippen molar-refractivity contribution in [1.29, 1.82) is 0 Å². The number of hydrogen-bond acceptors (Lipinski definition) is 5. The minimum atomic E-state index is -0.470. The second-order valence-corrected chi connectivity index (χ2v) is 7.26. The van der Waals surface area contributed by atoms with Gasteiger partial charge in [0.25, 0.3) is 0 Å². The summed E-state index contributed by atoms with van der Waals surface area (Å²) < 4.78 is 11.1. The van der Waals surface area contributed by atoms with Gasteiger partial charge in [0, 0.05) is 23.9 Å². The molecule has 0 bridgehead atoms. The van der Waals surface area contributed by atoms with Crippen molar-refractivity contribution in [2.45, 2.75) is 71.1 Å². The average molecular weight is 372 g/mol. The van der Waals surface area contributed by atoms with Crippen LogP contribution < -0.4 is 5.63 Å². The highest BCUT2D eigenvalue weighted by Crippen LogP contribution is 2.35. The Labute approximate surface area is 158 Å². The molecular weight excluding hydrogens is 344 g/mol. The van der Waals surface area contributed by atoms with Gasteiger partial charge in [0.05, 0.1) is 0 Å². The Balaban J connectivity index is 1.58. The van der Waals surface area contributed by atoms with E-state index in [2.05, 4.69) is 6.92 Å². The Hall–Kier alpha value is -2.43. The molecule has 5 heteroatoms. The number of phenols is 2. The van der Waals surface area contributed by atoms with Gasteiger partial charge in [-0.2, -0.15) is 0 Å². The first kappa shape index (κ1) is 19.3. The Morgan fingerprint density at radius 3 is 2.11 bits per heavy atom. The van der Waals surface area contributed by atoms with Crippen molar-refractivity contribution in [1.82, 2.24) is 0 Å². The van der Waals surface area contributed by atoms with Gasteiger partial charge in [-0.05, 0) is 12.5 Å². The summed E-state index contributed by atoms with van der Waals surface area (Å²) in [5.41, 5.74) is 0.312. The standard InChI is InChI=1S/C22H28O5/c1-2-3-4-5-6-7-8-9-10-11-15-12-20-21(22(25)26-15)16-13-17(23)18(24)14-19(16)27-20/h12-14,23-24H,2-11H2,1H3. The monoisotopic (exact) mass is 372 g/mol. The van der Waals surface area contributed by atoms with Gasteiger partial charge in [0.15, 0.2) is 11.5 Å². The van der Waals surface area contributed by atoms with E-state index in [-0.39, 0.29) is 11.5 Å². The Morgan fingerprint density at radius 1 is 0.778 bits per heavy atom. The van der Waals surface area contributed by atoms with Gasteiger partial charge >= 0.3 is 5.63 Å². The molecule has 0 aliphatic carbocycles. The number of phenolic OH excluding ortho intramolecular Hbond substituents is 2. The highest BCUT2D eigenvalue weighted by atomic mass is 16.4. The van der Waals surface area contributed by atoms with Crippen molar-refractivity contribution >= 4 is 21.9 Å². The van der Waals surface area contributed by atoms with E-state index in [1.165, 1.54) is 57.1 Å². The predicted octanol–water partition coefficient (Wildman–Crippen LogP) is 6.02. The molecule has 0 saturated carbocycles.